The third-order valence-corrected chi connectivity index (χ3v) is 2.83. The fourth-order valence-electron chi connectivity index (χ4n) is 1.32. The minimum absolute atomic E-state index is 0.572. The first-order valence-electron chi connectivity index (χ1n) is 4.39. The first-order chi connectivity index (χ1) is 7.35. The lowest BCUT2D eigenvalue weighted by Crippen LogP contribution is -2.03. The topological polar surface area (TPSA) is 66.5 Å². The average molecular weight is 219 g/mol. The normalized spacial score (nSPS) is 9.87. The van der Waals surface area contributed by atoms with Gasteiger partial charge in [0, 0.05) is 24.8 Å². The van der Waals surface area contributed by atoms with Gasteiger partial charge in [0.2, 0.25) is 0 Å². The lowest BCUT2D eigenvalue weighted by molar-refractivity contribution is 0.765. The summed E-state index contributed by atoms with van der Waals surface area (Å²) in [5.41, 5.74) is 1.49. The number of nitrogens with zero attached hydrogens (tertiary/aromatic N) is 4. The summed E-state index contributed by atoms with van der Waals surface area (Å²) in [6, 6.07) is 5.74. The quantitative estimate of drug-likeness (QED) is 0.845. The zero-order chi connectivity index (χ0) is 10.7. The van der Waals surface area contributed by atoms with Crippen molar-refractivity contribution in [3.8, 4) is 6.07 Å². The van der Waals surface area contributed by atoms with Crippen molar-refractivity contribution in [1.82, 2.24) is 14.2 Å². The van der Waals surface area contributed by atoms with E-state index in [1.54, 1.807) is 6.07 Å². The summed E-state index contributed by atoms with van der Waals surface area (Å²) in [7, 11) is 1.83. The van der Waals surface area contributed by atoms with Gasteiger partial charge in [0.05, 0.1) is 6.54 Å². The Morgan fingerprint density at radius 2 is 2.53 bits per heavy atom. The molecule has 0 aliphatic heterocycles. The average Bonchev–Trinajstić information content (AvgIpc) is 2.87. The van der Waals surface area contributed by atoms with E-state index in [4.69, 9.17) is 5.26 Å². The fraction of sp³-hybridized carbons (Fsp3) is 0.222. The van der Waals surface area contributed by atoms with Gasteiger partial charge in [0.1, 0.15) is 22.5 Å². The highest BCUT2D eigenvalue weighted by Crippen LogP contribution is 2.18. The number of anilines is 1. The number of aromatic nitrogens is 3. The Kier molecular flexibility index (Phi) is 2.65. The lowest BCUT2D eigenvalue weighted by Gasteiger charge is -2.03. The van der Waals surface area contributed by atoms with Gasteiger partial charge in [-0.1, -0.05) is 4.49 Å². The van der Waals surface area contributed by atoms with Crippen LogP contribution in [0.15, 0.2) is 18.3 Å². The fourth-order valence-corrected chi connectivity index (χ4v) is 1.84. The van der Waals surface area contributed by atoms with Crippen LogP contribution in [0, 0.1) is 11.3 Å². The van der Waals surface area contributed by atoms with Crippen LogP contribution >= 0.6 is 11.5 Å². The molecular weight excluding hydrogens is 210 g/mol. The Labute approximate surface area is 91.1 Å². The Balaban J connectivity index is 2.26. The second-order valence-electron chi connectivity index (χ2n) is 2.93. The SMILES string of the molecule is CNc1snnc1Cn1cccc1C#N. The molecule has 0 aliphatic carbocycles. The molecule has 1 N–H and O–H groups in total. The summed E-state index contributed by atoms with van der Waals surface area (Å²) < 4.78 is 5.71. The summed E-state index contributed by atoms with van der Waals surface area (Å²) in [5, 5.41) is 16.8. The molecule has 5 nitrogen and oxygen atoms in total. The van der Waals surface area contributed by atoms with Gasteiger partial charge < -0.3 is 9.88 Å². The second kappa shape index (κ2) is 4.11. The molecule has 0 amide bonds. The van der Waals surface area contributed by atoms with Crippen LogP contribution in [0.4, 0.5) is 5.00 Å². The zero-order valence-corrected chi connectivity index (χ0v) is 8.95. The lowest BCUT2D eigenvalue weighted by atomic mass is 10.4. The van der Waals surface area contributed by atoms with Gasteiger partial charge in [-0.3, -0.25) is 0 Å². The zero-order valence-electron chi connectivity index (χ0n) is 8.14. The molecule has 0 fully saturated rings. The van der Waals surface area contributed by atoms with Gasteiger partial charge in [0.25, 0.3) is 0 Å². The van der Waals surface area contributed by atoms with Crippen LogP contribution in [0.1, 0.15) is 11.4 Å². The van der Waals surface area contributed by atoms with Crippen molar-refractivity contribution >= 4 is 16.5 Å². The van der Waals surface area contributed by atoms with Crippen molar-refractivity contribution in [3.63, 3.8) is 0 Å². The van der Waals surface area contributed by atoms with Crippen molar-refractivity contribution < 1.29 is 0 Å². The molecule has 0 saturated heterocycles. The van der Waals surface area contributed by atoms with Gasteiger partial charge in [-0.2, -0.15) is 5.26 Å². The second-order valence-corrected chi connectivity index (χ2v) is 3.69. The number of nitrogens with one attached hydrogen (secondary N) is 1. The van der Waals surface area contributed by atoms with Crippen LogP contribution in [0.5, 0.6) is 0 Å². The van der Waals surface area contributed by atoms with Crippen LogP contribution in [-0.2, 0) is 6.54 Å². The molecule has 0 bridgehead atoms. The maximum absolute atomic E-state index is 8.84. The van der Waals surface area contributed by atoms with E-state index in [1.165, 1.54) is 11.5 Å². The molecule has 76 valence electrons. The first kappa shape index (κ1) is 9.68. The smallest absolute Gasteiger partial charge is 0.134 e. The van der Waals surface area contributed by atoms with Crippen LogP contribution in [0.25, 0.3) is 0 Å². The summed E-state index contributed by atoms with van der Waals surface area (Å²) in [6.45, 7) is 0.572. The molecule has 0 spiro atoms. The van der Waals surface area contributed by atoms with Crippen molar-refractivity contribution in [3.05, 3.63) is 29.7 Å². The third-order valence-electron chi connectivity index (χ3n) is 2.05. The summed E-state index contributed by atoms with van der Waals surface area (Å²) in [4.78, 5) is 0. The highest BCUT2D eigenvalue weighted by Gasteiger charge is 2.08. The Morgan fingerprint density at radius 1 is 1.67 bits per heavy atom. The molecule has 0 unspecified atom stereocenters. The van der Waals surface area contributed by atoms with Gasteiger partial charge in [0.15, 0.2) is 0 Å². The molecule has 2 aromatic rings. The Hall–Kier alpha value is -1.87. The van der Waals surface area contributed by atoms with E-state index in [0.717, 1.165) is 10.7 Å². The van der Waals surface area contributed by atoms with E-state index >= 15 is 0 Å². The van der Waals surface area contributed by atoms with Crippen LogP contribution < -0.4 is 5.32 Å². The molecule has 0 aliphatic rings. The molecule has 2 heterocycles. The largest absolute Gasteiger partial charge is 0.377 e. The van der Waals surface area contributed by atoms with E-state index in [9.17, 15) is 0 Å². The van der Waals surface area contributed by atoms with E-state index < -0.39 is 0 Å². The molecule has 0 saturated carbocycles. The molecule has 2 rings (SSSR count). The first-order valence-corrected chi connectivity index (χ1v) is 5.16. The maximum Gasteiger partial charge on any atom is 0.134 e. The number of hydrogen-bond acceptors (Lipinski definition) is 5. The summed E-state index contributed by atoms with van der Waals surface area (Å²) >= 11 is 1.32. The molecule has 0 radical (unpaired) electrons. The predicted molar refractivity (Wildman–Crippen MR) is 57.7 cm³/mol. The van der Waals surface area contributed by atoms with Gasteiger partial charge in [-0.05, 0) is 12.1 Å². The van der Waals surface area contributed by atoms with E-state index in [1.807, 2.05) is 23.9 Å². The van der Waals surface area contributed by atoms with Gasteiger partial charge >= 0.3 is 0 Å². The van der Waals surface area contributed by atoms with E-state index in [-0.39, 0.29) is 0 Å². The molecule has 6 heteroatoms. The summed E-state index contributed by atoms with van der Waals surface area (Å²) in [5.74, 6) is 0. The maximum atomic E-state index is 8.84. The van der Waals surface area contributed by atoms with Crippen molar-refractivity contribution in [2.45, 2.75) is 6.54 Å². The number of rotatable bonds is 3. The van der Waals surface area contributed by atoms with Crippen LogP contribution in [0.3, 0.4) is 0 Å². The van der Waals surface area contributed by atoms with Gasteiger partial charge in [-0.15, -0.1) is 5.10 Å². The standard InChI is InChI=1S/C9H9N5S/c1-11-9-8(12-13-15-9)6-14-4-2-3-7(14)5-10/h2-4,11H,6H2,1H3. The molecule has 0 atom stereocenters. The van der Waals surface area contributed by atoms with Crippen molar-refractivity contribution in [2.75, 3.05) is 12.4 Å². The third kappa shape index (κ3) is 1.82. The number of hydrogen-bond donors (Lipinski definition) is 1. The Morgan fingerprint density at radius 3 is 3.27 bits per heavy atom. The minimum Gasteiger partial charge on any atom is -0.377 e. The molecule has 0 aromatic carbocycles. The van der Waals surface area contributed by atoms with Crippen LogP contribution in [-0.4, -0.2) is 21.2 Å². The summed E-state index contributed by atoms with van der Waals surface area (Å²) in [6.07, 6.45) is 1.86. The van der Waals surface area contributed by atoms with Gasteiger partial charge in [-0.25, -0.2) is 0 Å². The van der Waals surface area contributed by atoms with E-state index in [0.29, 0.717) is 12.2 Å². The highest BCUT2D eigenvalue weighted by atomic mass is 32.1. The predicted octanol–water partition coefficient (Wildman–Crippen LogP) is 1.30. The Bertz CT molecular complexity index is 493. The molecule has 2 aromatic heterocycles. The monoisotopic (exact) mass is 219 g/mol. The number of nitriles is 1. The van der Waals surface area contributed by atoms with E-state index in [2.05, 4.69) is 21.0 Å². The molecule has 15 heavy (non-hydrogen) atoms. The van der Waals surface area contributed by atoms with Crippen molar-refractivity contribution in [2.24, 2.45) is 0 Å². The highest BCUT2D eigenvalue weighted by molar-refractivity contribution is 7.10. The molecular formula is C9H9N5S. The van der Waals surface area contributed by atoms with Crippen molar-refractivity contribution in [1.29, 1.82) is 5.26 Å². The minimum atomic E-state index is 0.572. The van der Waals surface area contributed by atoms with Crippen LogP contribution in [0.2, 0.25) is 0 Å².